The molecule has 3 N–H and O–H groups in total. The molecule has 3 rings (SSSR count). The molecule has 1 saturated carbocycles. The second-order valence-electron chi connectivity index (χ2n) is 5.98. The third-order valence-electron chi connectivity index (χ3n) is 3.85. The monoisotopic (exact) mass is 425 g/mol. The van der Waals surface area contributed by atoms with Crippen LogP contribution in [0.2, 0.25) is 0 Å². The SMILES string of the molecule is Cc1cc(C)cc(NC(N)=N[C@@H]2C[C@H]2c2ccc(F)cc2)c1.I. The van der Waals surface area contributed by atoms with Gasteiger partial charge in [-0.1, -0.05) is 18.2 Å². The number of aryl methyl sites for hydroxylation is 2. The highest BCUT2D eigenvalue weighted by molar-refractivity contribution is 14.0. The molecule has 0 amide bonds. The van der Waals surface area contributed by atoms with Crippen LogP contribution in [0.25, 0.3) is 0 Å². The molecule has 0 aromatic heterocycles. The number of nitrogens with one attached hydrogen (secondary N) is 1. The third-order valence-corrected chi connectivity index (χ3v) is 3.85. The van der Waals surface area contributed by atoms with Gasteiger partial charge in [0.15, 0.2) is 5.96 Å². The number of nitrogens with zero attached hydrogens (tertiary/aromatic N) is 1. The summed E-state index contributed by atoms with van der Waals surface area (Å²) < 4.78 is 12.9. The van der Waals surface area contributed by atoms with E-state index in [1.165, 1.54) is 23.3 Å². The summed E-state index contributed by atoms with van der Waals surface area (Å²) in [5.74, 6) is 0.570. The molecule has 2 atom stereocenters. The minimum absolute atomic E-state index is 0. The van der Waals surface area contributed by atoms with Crippen LogP contribution in [0.15, 0.2) is 47.5 Å². The zero-order chi connectivity index (χ0) is 15.7. The molecule has 0 bridgehead atoms. The van der Waals surface area contributed by atoms with Crippen LogP contribution in [0.3, 0.4) is 0 Å². The smallest absolute Gasteiger partial charge is 0.193 e. The normalized spacial score (nSPS) is 19.9. The summed E-state index contributed by atoms with van der Waals surface area (Å²) >= 11 is 0. The Morgan fingerprint density at radius 2 is 1.74 bits per heavy atom. The summed E-state index contributed by atoms with van der Waals surface area (Å²) in [7, 11) is 0. The number of nitrogens with two attached hydrogens (primary N) is 1. The molecule has 0 radical (unpaired) electrons. The van der Waals surface area contributed by atoms with Gasteiger partial charge in [-0.2, -0.15) is 0 Å². The van der Waals surface area contributed by atoms with Gasteiger partial charge in [0, 0.05) is 11.6 Å². The van der Waals surface area contributed by atoms with E-state index in [-0.39, 0.29) is 35.8 Å². The Labute approximate surface area is 153 Å². The average molecular weight is 425 g/mol. The van der Waals surface area contributed by atoms with Gasteiger partial charge in [0.2, 0.25) is 0 Å². The van der Waals surface area contributed by atoms with E-state index in [0.29, 0.717) is 11.9 Å². The summed E-state index contributed by atoms with van der Waals surface area (Å²) in [4.78, 5) is 4.51. The molecule has 0 unspecified atom stereocenters. The number of anilines is 1. The number of hydrogen-bond acceptors (Lipinski definition) is 1. The number of aliphatic imine (C=N–C) groups is 1. The van der Waals surface area contributed by atoms with Gasteiger partial charge in [-0.3, -0.25) is 0 Å². The first-order valence-electron chi connectivity index (χ1n) is 7.45. The average Bonchev–Trinajstić information content (AvgIpc) is 3.17. The lowest BCUT2D eigenvalue weighted by molar-refractivity contribution is 0.627. The summed E-state index contributed by atoms with van der Waals surface area (Å²) in [5.41, 5.74) is 10.4. The van der Waals surface area contributed by atoms with E-state index in [2.05, 4.69) is 30.2 Å². The highest BCUT2D eigenvalue weighted by Gasteiger charge is 2.38. The van der Waals surface area contributed by atoms with Gasteiger partial charge in [-0.05, 0) is 61.2 Å². The minimum Gasteiger partial charge on any atom is -0.370 e. The molecule has 2 aromatic carbocycles. The van der Waals surface area contributed by atoms with Crippen LogP contribution in [0.5, 0.6) is 0 Å². The Hall–Kier alpha value is -1.63. The maximum absolute atomic E-state index is 12.9. The van der Waals surface area contributed by atoms with E-state index < -0.39 is 0 Å². The van der Waals surface area contributed by atoms with Gasteiger partial charge in [0.05, 0.1) is 6.04 Å². The lowest BCUT2D eigenvalue weighted by atomic mass is 10.1. The summed E-state index contributed by atoms with van der Waals surface area (Å²) in [6.45, 7) is 4.11. The minimum atomic E-state index is -0.208. The van der Waals surface area contributed by atoms with Crippen LogP contribution < -0.4 is 11.1 Å². The Morgan fingerprint density at radius 1 is 1.13 bits per heavy atom. The van der Waals surface area contributed by atoms with Crippen molar-refractivity contribution in [2.24, 2.45) is 10.7 Å². The molecule has 0 aliphatic heterocycles. The highest BCUT2D eigenvalue weighted by Crippen LogP contribution is 2.43. The molecule has 122 valence electrons. The van der Waals surface area contributed by atoms with Crippen LogP contribution in [-0.4, -0.2) is 12.0 Å². The molecule has 1 aliphatic rings. The van der Waals surface area contributed by atoms with E-state index in [4.69, 9.17) is 5.73 Å². The molecule has 2 aromatic rings. The fourth-order valence-corrected chi connectivity index (χ4v) is 2.80. The maximum Gasteiger partial charge on any atom is 0.193 e. The lowest BCUT2D eigenvalue weighted by Gasteiger charge is -2.08. The highest BCUT2D eigenvalue weighted by atomic mass is 127. The van der Waals surface area contributed by atoms with Crippen molar-refractivity contribution in [3.63, 3.8) is 0 Å². The summed E-state index contributed by atoms with van der Waals surface area (Å²) in [5, 5.41) is 3.14. The molecule has 3 nitrogen and oxygen atoms in total. The largest absolute Gasteiger partial charge is 0.370 e. The number of rotatable bonds is 3. The molecular weight excluding hydrogens is 404 g/mol. The van der Waals surface area contributed by atoms with Crippen LogP contribution in [-0.2, 0) is 0 Å². The van der Waals surface area contributed by atoms with Crippen LogP contribution in [0.4, 0.5) is 10.1 Å². The van der Waals surface area contributed by atoms with Crippen molar-refractivity contribution in [2.75, 3.05) is 5.32 Å². The van der Waals surface area contributed by atoms with Crippen LogP contribution >= 0.6 is 24.0 Å². The van der Waals surface area contributed by atoms with Gasteiger partial charge in [-0.25, -0.2) is 9.38 Å². The Kier molecular flexibility index (Phi) is 5.62. The first-order chi connectivity index (χ1) is 10.5. The van der Waals surface area contributed by atoms with E-state index in [0.717, 1.165) is 17.7 Å². The number of halogens is 2. The van der Waals surface area contributed by atoms with Crippen molar-refractivity contribution in [3.8, 4) is 0 Å². The first-order valence-corrected chi connectivity index (χ1v) is 7.45. The predicted molar refractivity (Wildman–Crippen MR) is 104 cm³/mol. The van der Waals surface area contributed by atoms with Crippen molar-refractivity contribution in [3.05, 3.63) is 65.0 Å². The maximum atomic E-state index is 12.9. The van der Waals surface area contributed by atoms with Crippen molar-refractivity contribution in [2.45, 2.75) is 32.2 Å². The zero-order valence-electron chi connectivity index (χ0n) is 13.2. The van der Waals surface area contributed by atoms with Crippen LogP contribution in [0, 0.1) is 19.7 Å². The standard InChI is InChI=1S/C18H20FN3.HI/c1-11-7-12(2)9-15(8-11)21-18(20)22-17-10-16(17)13-3-5-14(19)6-4-13;/h3-9,16-17H,10H2,1-2H3,(H3,20,21,22);1H/t16-,17+;/m0./s1. The third kappa shape index (κ3) is 4.67. The molecule has 1 fully saturated rings. The molecule has 0 heterocycles. The van der Waals surface area contributed by atoms with Gasteiger partial charge < -0.3 is 11.1 Å². The predicted octanol–water partition coefficient (Wildman–Crippen LogP) is 4.34. The van der Waals surface area contributed by atoms with E-state index in [9.17, 15) is 4.39 Å². The van der Waals surface area contributed by atoms with Crippen molar-refractivity contribution >= 4 is 35.6 Å². The number of guanidine groups is 1. The van der Waals surface area contributed by atoms with Crippen molar-refractivity contribution in [1.82, 2.24) is 0 Å². The Balaban J connectivity index is 0.00000192. The molecule has 0 saturated heterocycles. The number of benzene rings is 2. The second-order valence-corrected chi connectivity index (χ2v) is 5.98. The number of hydrogen-bond donors (Lipinski definition) is 2. The molecule has 1 aliphatic carbocycles. The first kappa shape index (κ1) is 17.7. The van der Waals surface area contributed by atoms with Gasteiger partial charge in [0.1, 0.15) is 5.82 Å². The fourth-order valence-electron chi connectivity index (χ4n) is 2.80. The Bertz CT molecular complexity index is 692. The van der Waals surface area contributed by atoms with Gasteiger partial charge >= 0.3 is 0 Å². The van der Waals surface area contributed by atoms with Crippen LogP contribution in [0.1, 0.15) is 29.0 Å². The van der Waals surface area contributed by atoms with Crippen molar-refractivity contribution < 1.29 is 4.39 Å². The van der Waals surface area contributed by atoms with E-state index in [1.54, 1.807) is 0 Å². The van der Waals surface area contributed by atoms with E-state index >= 15 is 0 Å². The zero-order valence-corrected chi connectivity index (χ0v) is 15.5. The van der Waals surface area contributed by atoms with Gasteiger partial charge in [0.25, 0.3) is 0 Å². The topological polar surface area (TPSA) is 50.4 Å². The molecule has 5 heteroatoms. The van der Waals surface area contributed by atoms with Gasteiger partial charge in [-0.15, -0.1) is 24.0 Å². The van der Waals surface area contributed by atoms with E-state index in [1.807, 2.05) is 24.3 Å². The Morgan fingerprint density at radius 3 is 2.35 bits per heavy atom. The second kappa shape index (κ2) is 7.29. The summed E-state index contributed by atoms with van der Waals surface area (Å²) in [6, 6.07) is 13.0. The lowest BCUT2D eigenvalue weighted by Crippen LogP contribution is -2.23. The fraction of sp³-hybridized carbons (Fsp3) is 0.278. The molecule has 0 spiro atoms. The molecular formula is C18H21FIN3. The summed E-state index contributed by atoms with van der Waals surface area (Å²) in [6.07, 6.45) is 0.959. The quantitative estimate of drug-likeness (QED) is 0.437. The molecule has 23 heavy (non-hydrogen) atoms. The van der Waals surface area contributed by atoms with Crippen molar-refractivity contribution in [1.29, 1.82) is 0 Å².